The Bertz CT molecular complexity index is 803. The average molecular weight is 341 g/mol. The molecule has 2 amide bonds. The number of aromatic nitrogens is 3. The van der Waals surface area contributed by atoms with Gasteiger partial charge in [0.2, 0.25) is 5.91 Å². The fourth-order valence-corrected chi connectivity index (χ4v) is 3.82. The molecule has 2 aromatic heterocycles. The van der Waals surface area contributed by atoms with Crippen LogP contribution in [0.1, 0.15) is 54.1 Å². The van der Waals surface area contributed by atoms with E-state index in [0.29, 0.717) is 23.0 Å². The van der Waals surface area contributed by atoms with Crippen LogP contribution in [0.15, 0.2) is 18.5 Å². The molecule has 0 spiro atoms. The molecule has 25 heavy (non-hydrogen) atoms. The van der Waals surface area contributed by atoms with Crippen LogP contribution >= 0.6 is 0 Å². The van der Waals surface area contributed by atoms with Gasteiger partial charge in [0.15, 0.2) is 5.65 Å². The third kappa shape index (κ3) is 2.77. The smallest absolute Gasteiger partial charge is 0.256 e. The molecule has 2 aromatic rings. The highest BCUT2D eigenvalue weighted by Crippen LogP contribution is 2.32. The Balaban J connectivity index is 1.52. The number of carbonyl (C=O) groups is 2. The minimum absolute atomic E-state index is 0.180. The van der Waals surface area contributed by atoms with Crippen molar-refractivity contribution in [3.8, 4) is 0 Å². The zero-order valence-electron chi connectivity index (χ0n) is 14.4. The van der Waals surface area contributed by atoms with Crippen molar-refractivity contribution in [2.24, 2.45) is 5.92 Å². The lowest BCUT2D eigenvalue weighted by Gasteiger charge is -2.36. The van der Waals surface area contributed by atoms with Crippen LogP contribution in [0.3, 0.4) is 0 Å². The molecule has 0 atom stereocenters. The third-order valence-electron chi connectivity index (χ3n) is 5.58. The van der Waals surface area contributed by atoms with Gasteiger partial charge in [0, 0.05) is 43.9 Å². The minimum atomic E-state index is -0.180. The van der Waals surface area contributed by atoms with E-state index in [2.05, 4.69) is 15.4 Å². The van der Waals surface area contributed by atoms with Crippen molar-refractivity contribution in [3.05, 3.63) is 29.7 Å². The fraction of sp³-hybridized carbons (Fsp3) is 0.556. The highest BCUT2D eigenvalue weighted by molar-refractivity contribution is 5.99. The first-order valence-corrected chi connectivity index (χ1v) is 9.02. The number of piperidine rings is 1. The summed E-state index contributed by atoms with van der Waals surface area (Å²) < 4.78 is 1.78. The molecule has 7 heteroatoms. The number of nitrogens with zero attached hydrogens (tertiary/aromatic N) is 4. The summed E-state index contributed by atoms with van der Waals surface area (Å²) >= 11 is 0. The zero-order chi connectivity index (χ0) is 17.4. The fourth-order valence-electron chi connectivity index (χ4n) is 3.82. The number of amides is 2. The van der Waals surface area contributed by atoms with Crippen LogP contribution in [0, 0.1) is 5.92 Å². The molecule has 2 aliphatic rings. The van der Waals surface area contributed by atoms with Gasteiger partial charge < -0.3 is 10.2 Å². The SMILES string of the molecule is CNC(=O)c1cnn2c(C3CCN(C(=O)C4CCC4)CC3)ccnc12. The molecule has 7 nitrogen and oxygen atoms in total. The Morgan fingerprint density at radius 1 is 1.20 bits per heavy atom. The summed E-state index contributed by atoms with van der Waals surface area (Å²) in [5.74, 6) is 0.755. The van der Waals surface area contributed by atoms with Crippen LogP contribution in [0.25, 0.3) is 5.65 Å². The van der Waals surface area contributed by atoms with E-state index < -0.39 is 0 Å². The van der Waals surface area contributed by atoms with Crippen LogP contribution in [-0.2, 0) is 4.79 Å². The van der Waals surface area contributed by atoms with Crippen molar-refractivity contribution in [1.82, 2.24) is 24.8 Å². The van der Waals surface area contributed by atoms with Gasteiger partial charge in [-0.1, -0.05) is 6.42 Å². The van der Waals surface area contributed by atoms with Gasteiger partial charge in [-0.2, -0.15) is 5.10 Å². The van der Waals surface area contributed by atoms with E-state index in [0.717, 1.165) is 44.5 Å². The van der Waals surface area contributed by atoms with E-state index in [1.54, 1.807) is 24.0 Å². The Labute approximate surface area is 146 Å². The van der Waals surface area contributed by atoms with Crippen molar-refractivity contribution in [2.75, 3.05) is 20.1 Å². The van der Waals surface area contributed by atoms with Crippen molar-refractivity contribution in [1.29, 1.82) is 0 Å². The number of rotatable bonds is 3. The molecule has 4 rings (SSSR count). The molecule has 3 heterocycles. The predicted octanol–water partition coefficient (Wildman–Crippen LogP) is 1.59. The van der Waals surface area contributed by atoms with Gasteiger partial charge in [-0.15, -0.1) is 0 Å². The lowest BCUT2D eigenvalue weighted by atomic mass is 9.83. The Morgan fingerprint density at radius 2 is 1.96 bits per heavy atom. The largest absolute Gasteiger partial charge is 0.355 e. The lowest BCUT2D eigenvalue weighted by molar-refractivity contribution is -0.139. The Morgan fingerprint density at radius 3 is 2.60 bits per heavy atom. The second-order valence-electron chi connectivity index (χ2n) is 6.97. The molecule has 0 bridgehead atoms. The maximum Gasteiger partial charge on any atom is 0.256 e. The first kappa shape index (κ1) is 16.1. The molecule has 2 fully saturated rings. The van der Waals surface area contributed by atoms with E-state index >= 15 is 0 Å². The highest BCUT2D eigenvalue weighted by Gasteiger charge is 2.32. The minimum Gasteiger partial charge on any atom is -0.355 e. The van der Waals surface area contributed by atoms with Crippen molar-refractivity contribution >= 4 is 17.5 Å². The summed E-state index contributed by atoms with van der Waals surface area (Å²) in [6, 6.07) is 1.97. The third-order valence-corrected chi connectivity index (χ3v) is 5.58. The summed E-state index contributed by atoms with van der Waals surface area (Å²) in [5.41, 5.74) is 2.14. The number of hydrogen-bond donors (Lipinski definition) is 1. The second-order valence-corrected chi connectivity index (χ2v) is 6.97. The van der Waals surface area contributed by atoms with E-state index in [4.69, 9.17) is 0 Å². The monoisotopic (exact) mass is 341 g/mol. The van der Waals surface area contributed by atoms with Gasteiger partial charge in [0.1, 0.15) is 5.56 Å². The molecule has 132 valence electrons. The van der Waals surface area contributed by atoms with Gasteiger partial charge in [0.05, 0.1) is 6.20 Å². The lowest BCUT2D eigenvalue weighted by Crippen LogP contribution is -2.43. The van der Waals surface area contributed by atoms with Crippen molar-refractivity contribution in [3.63, 3.8) is 0 Å². The number of nitrogens with one attached hydrogen (secondary N) is 1. The quantitative estimate of drug-likeness (QED) is 0.919. The van der Waals surface area contributed by atoms with Crippen LogP contribution in [0.2, 0.25) is 0 Å². The van der Waals surface area contributed by atoms with E-state index in [9.17, 15) is 9.59 Å². The number of fused-ring (bicyclic) bond motifs is 1. The van der Waals surface area contributed by atoms with Gasteiger partial charge in [-0.25, -0.2) is 9.50 Å². The van der Waals surface area contributed by atoms with Crippen LogP contribution in [0.4, 0.5) is 0 Å². The summed E-state index contributed by atoms with van der Waals surface area (Å²) in [6.07, 6.45) is 8.46. The molecular formula is C18H23N5O2. The van der Waals surface area contributed by atoms with E-state index in [1.807, 2.05) is 11.0 Å². The molecule has 1 saturated carbocycles. The molecule has 1 N–H and O–H groups in total. The first-order valence-electron chi connectivity index (χ1n) is 9.02. The molecule has 1 saturated heterocycles. The average Bonchev–Trinajstić information content (AvgIpc) is 3.04. The second kappa shape index (κ2) is 6.46. The van der Waals surface area contributed by atoms with Gasteiger partial charge in [-0.3, -0.25) is 9.59 Å². The topological polar surface area (TPSA) is 79.6 Å². The molecule has 0 radical (unpaired) electrons. The van der Waals surface area contributed by atoms with Crippen LogP contribution < -0.4 is 5.32 Å². The van der Waals surface area contributed by atoms with Crippen LogP contribution in [0.5, 0.6) is 0 Å². The van der Waals surface area contributed by atoms with Gasteiger partial charge >= 0.3 is 0 Å². The molecule has 0 unspecified atom stereocenters. The molecule has 0 aromatic carbocycles. The first-order chi connectivity index (χ1) is 12.2. The predicted molar refractivity (Wildman–Crippen MR) is 92.3 cm³/mol. The van der Waals surface area contributed by atoms with Gasteiger partial charge in [-0.05, 0) is 31.7 Å². The van der Waals surface area contributed by atoms with E-state index in [-0.39, 0.29) is 11.8 Å². The summed E-state index contributed by atoms with van der Waals surface area (Å²) in [7, 11) is 1.60. The summed E-state index contributed by atoms with van der Waals surface area (Å²) in [5, 5.41) is 7.00. The molecule has 1 aliphatic heterocycles. The van der Waals surface area contributed by atoms with E-state index in [1.165, 1.54) is 6.42 Å². The molecule has 1 aliphatic carbocycles. The number of carbonyl (C=O) groups excluding carboxylic acids is 2. The number of likely N-dealkylation sites (tertiary alicyclic amines) is 1. The summed E-state index contributed by atoms with van der Waals surface area (Å²) in [4.78, 5) is 30.7. The standard InChI is InChI=1S/C18H23N5O2/c1-19-17(24)14-11-21-23-15(5-8-20-16(14)23)12-6-9-22(10-7-12)18(25)13-3-2-4-13/h5,8,11-13H,2-4,6-7,9-10H2,1H3,(H,19,24). The normalized spacial score (nSPS) is 19.0. The van der Waals surface area contributed by atoms with Crippen molar-refractivity contribution < 1.29 is 9.59 Å². The Kier molecular flexibility index (Phi) is 4.15. The van der Waals surface area contributed by atoms with Crippen molar-refractivity contribution in [2.45, 2.75) is 38.0 Å². The maximum absolute atomic E-state index is 12.4. The highest BCUT2D eigenvalue weighted by atomic mass is 16.2. The summed E-state index contributed by atoms with van der Waals surface area (Å²) in [6.45, 7) is 1.60. The number of hydrogen-bond acceptors (Lipinski definition) is 4. The zero-order valence-corrected chi connectivity index (χ0v) is 14.4. The maximum atomic E-state index is 12.4. The molecular weight excluding hydrogens is 318 g/mol. The Hall–Kier alpha value is -2.44. The van der Waals surface area contributed by atoms with Crippen LogP contribution in [-0.4, -0.2) is 51.4 Å². The van der Waals surface area contributed by atoms with Gasteiger partial charge in [0.25, 0.3) is 5.91 Å².